The molecule has 1 atom stereocenters. The highest BCUT2D eigenvalue weighted by Crippen LogP contribution is 2.42. The Morgan fingerprint density at radius 2 is 1.85 bits per heavy atom. The Hall–Kier alpha value is -2.88. The molecule has 2 aromatic heterocycles. The number of carbonyl (C=O) groups is 1. The summed E-state index contributed by atoms with van der Waals surface area (Å²) in [4.78, 5) is 18.0. The second kappa shape index (κ2) is 10.2. The first-order chi connectivity index (χ1) is 16.0. The number of rotatable bonds is 7. The first-order valence-electron chi connectivity index (χ1n) is 11.4. The average molecular weight is 482 g/mol. The molecule has 1 aromatic carbocycles. The lowest BCUT2D eigenvalue weighted by Crippen LogP contribution is -2.29. The molecule has 0 saturated carbocycles. The molecule has 0 fully saturated rings. The van der Waals surface area contributed by atoms with E-state index in [1.165, 1.54) is 7.11 Å². The van der Waals surface area contributed by atoms with Crippen molar-refractivity contribution in [3.8, 4) is 17.2 Å². The lowest BCUT2D eigenvalue weighted by molar-refractivity contribution is -0.164. The number of nitriles is 1. The number of benzene rings is 1. The van der Waals surface area contributed by atoms with E-state index in [1.807, 2.05) is 52.0 Å². The number of ether oxygens (including phenoxy) is 2. The van der Waals surface area contributed by atoms with Crippen molar-refractivity contribution in [3.05, 3.63) is 51.8 Å². The van der Waals surface area contributed by atoms with E-state index in [2.05, 4.69) is 24.5 Å². The van der Waals surface area contributed by atoms with E-state index in [0.29, 0.717) is 29.2 Å². The van der Waals surface area contributed by atoms with Crippen molar-refractivity contribution < 1.29 is 14.3 Å². The molecule has 180 valence electrons. The molecule has 0 aliphatic rings. The molecule has 34 heavy (non-hydrogen) atoms. The molecule has 3 rings (SSSR count). The van der Waals surface area contributed by atoms with Crippen LogP contribution in [0.5, 0.6) is 0 Å². The predicted molar refractivity (Wildman–Crippen MR) is 135 cm³/mol. The summed E-state index contributed by atoms with van der Waals surface area (Å²) in [6, 6.07) is 9.80. The zero-order valence-electron chi connectivity index (χ0n) is 21.0. The second-order valence-electron chi connectivity index (χ2n) is 9.45. The number of methoxy groups -OCH3 is 1. The number of nitrogens with zero attached hydrogens (tertiary/aromatic N) is 3. The number of halogens is 1. The van der Waals surface area contributed by atoms with Gasteiger partial charge >= 0.3 is 5.97 Å². The summed E-state index contributed by atoms with van der Waals surface area (Å²) in [6.45, 7) is 12.4. The summed E-state index contributed by atoms with van der Waals surface area (Å²) in [5.41, 5.74) is 5.58. The van der Waals surface area contributed by atoms with Crippen molar-refractivity contribution in [2.75, 3.05) is 7.11 Å². The highest BCUT2D eigenvalue weighted by molar-refractivity contribution is 6.30. The minimum Gasteiger partial charge on any atom is -0.467 e. The number of aromatic nitrogens is 2. The van der Waals surface area contributed by atoms with Crippen LogP contribution < -0.4 is 0 Å². The van der Waals surface area contributed by atoms with Gasteiger partial charge in [0.2, 0.25) is 0 Å². The summed E-state index contributed by atoms with van der Waals surface area (Å²) in [6.07, 6.45) is 0.259. The molecule has 0 amide bonds. The Morgan fingerprint density at radius 1 is 1.21 bits per heavy atom. The monoisotopic (exact) mass is 481 g/mol. The first-order valence-corrected chi connectivity index (χ1v) is 11.8. The zero-order valence-corrected chi connectivity index (χ0v) is 21.7. The number of carbonyl (C=O) groups excluding carboxylic acids is 1. The van der Waals surface area contributed by atoms with Gasteiger partial charge in [0.1, 0.15) is 5.65 Å². The van der Waals surface area contributed by atoms with E-state index in [-0.39, 0.29) is 0 Å². The summed E-state index contributed by atoms with van der Waals surface area (Å²) in [7, 11) is 1.37. The fourth-order valence-corrected chi connectivity index (χ4v) is 4.43. The van der Waals surface area contributed by atoms with Gasteiger partial charge in [-0.25, -0.2) is 9.78 Å². The quantitative estimate of drug-likeness (QED) is 0.280. The largest absolute Gasteiger partial charge is 0.467 e. The van der Waals surface area contributed by atoms with Crippen LogP contribution in [-0.2, 0) is 20.8 Å². The van der Waals surface area contributed by atoms with Gasteiger partial charge in [0.05, 0.1) is 18.8 Å². The Balaban J connectivity index is 2.43. The fourth-order valence-electron chi connectivity index (χ4n) is 4.31. The number of unbranched alkanes of at least 4 members (excludes halogenated alkanes) is 1. The Kier molecular flexibility index (Phi) is 7.70. The normalized spacial score (nSPS) is 12.6. The molecule has 1 unspecified atom stereocenters. The topological polar surface area (TPSA) is 77.1 Å². The van der Waals surface area contributed by atoms with Gasteiger partial charge in [-0.1, -0.05) is 23.7 Å². The van der Waals surface area contributed by atoms with Crippen molar-refractivity contribution in [2.45, 2.75) is 72.6 Å². The fraction of sp³-hybridized carbons (Fsp3) is 0.444. The lowest BCUT2D eigenvalue weighted by Gasteiger charge is -2.28. The molecule has 0 radical (unpaired) electrons. The third-order valence-corrected chi connectivity index (χ3v) is 6.19. The first kappa shape index (κ1) is 25.7. The van der Waals surface area contributed by atoms with Gasteiger partial charge in [-0.05, 0) is 71.2 Å². The number of fused-ring (bicyclic) bond motifs is 1. The van der Waals surface area contributed by atoms with Gasteiger partial charge in [0.25, 0.3) is 0 Å². The van der Waals surface area contributed by atoms with Crippen molar-refractivity contribution in [3.63, 3.8) is 0 Å². The van der Waals surface area contributed by atoms with Gasteiger partial charge in [-0.2, -0.15) is 5.26 Å². The molecule has 0 spiro atoms. The molecule has 2 heterocycles. The van der Waals surface area contributed by atoms with Crippen LogP contribution in [0.25, 0.3) is 22.2 Å². The number of hydrogen-bond donors (Lipinski definition) is 0. The van der Waals surface area contributed by atoms with Crippen LogP contribution in [0.2, 0.25) is 5.02 Å². The Morgan fingerprint density at radius 3 is 2.41 bits per heavy atom. The summed E-state index contributed by atoms with van der Waals surface area (Å²) in [5, 5.41) is 10.6. The molecule has 0 aliphatic heterocycles. The molecular weight excluding hydrogens is 450 g/mol. The molecule has 0 bridgehead atoms. The van der Waals surface area contributed by atoms with Gasteiger partial charge in [-0.15, -0.1) is 0 Å². The standard InChI is InChI=1S/C27H32ClN3O3/c1-16-18(3)31(15-9-8-14-29)25-21(16)23(19-10-12-20(28)13-11-19)22(17(2)30-25)24(26(32)33-7)34-27(4,5)6/h10-13,24H,8-9,15H2,1-7H3. The molecule has 7 heteroatoms. The van der Waals surface area contributed by atoms with E-state index in [1.54, 1.807) is 0 Å². The van der Waals surface area contributed by atoms with Gasteiger partial charge in [0, 0.05) is 45.9 Å². The van der Waals surface area contributed by atoms with Crippen LogP contribution in [0.1, 0.15) is 62.2 Å². The minimum atomic E-state index is -0.950. The van der Waals surface area contributed by atoms with Crippen LogP contribution in [0.15, 0.2) is 24.3 Å². The number of esters is 1. The maximum atomic E-state index is 13.0. The van der Waals surface area contributed by atoms with Crippen LogP contribution in [0, 0.1) is 32.1 Å². The van der Waals surface area contributed by atoms with Gasteiger partial charge in [-0.3, -0.25) is 0 Å². The van der Waals surface area contributed by atoms with Crippen molar-refractivity contribution >= 4 is 28.6 Å². The van der Waals surface area contributed by atoms with E-state index in [4.69, 9.17) is 31.3 Å². The molecule has 6 nitrogen and oxygen atoms in total. The molecule has 3 aromatic rings. The van der Waals surface area contributed by atoms with Crippen molar-refractivity contribution in [2.24, 2.45) is 0 Å². The molecule has 0 saturated heterocycles. The van der Waals surface area contributed by atoms with Gasteiger partial charge in [0.15, 0.2) is 6.10 Å². The smallest absolute Gasteiger partial charge is 0.339 e. The van der Waals surface area contributed by atoms with Crippen LogP contribution in [-0.4, -0.2) is 28.2 Å². The Labute approximate surface area is 206 Å². The molecule has 0 aliphatic carbocycles. The highest BCUT2D eigenvalue weighted by Gasteiger charge is 2.34. The van der Waals surface area contributed by atoms with Crippen LogP contribution >= 0.6 is 11.6 Å². The third kappa shape index (κ3) is 5.11. The van der Waals surface area contributed by atoms with E-state index in [9.17, 15) is 4.79 Å². The highest BCUT2D eigenvalue weighted by atomic mass is 35.5. The number of aryl methyl sites for hydroxylation is 3. The maximum Gasteiger partial charge on any atom is 0.339 e. The second-order valence-corrected chi connectivity index (χ2v) is 9.88. The van der Waals surface area contributed by atoms with Crippen molar-refractivity contribution in [1.82, 2.24) is 9.55 Å². The van der Waals surface area contributed by atoms with Crippen LogP contribution in [0.3, 0.4) is 0 Å². The average Bonchev–Trinajstić information content (AvgIpc) is 3.01. The predicted octanol–water partition coefficient (Wildman–Crippen LogP) is 6.61. The van der Waals surface area contributed by atoms with E-state index in [0.717, 1.165) is 39.8 Å². The number of hydrogen-bond acceptors (Lipinski definition) is 5. The zero-order chi connectivity index (χ0) is 25.2. The molecule has 0 N–H and O–H groups in total. The Bertz CT molecular complexity index is 1250. The minimum absolute atomic E-state index is 0.475. The van der Waals surface area contributed by atoms with Crippen LogP contribution in [0.4, 0.5) is 0 Å². The summed E-state index contributed by atoms with van der Waals surface area (Å²) < 4.78 is 13.6. The lowest BCUT2D eigenvalue weighted by atomic mass is 9.91. The molecular formula is C27H32ClN3O3. The van der Waals surface area contributed by atoms with E-state index < -0.39 is 17.7 Å². The number of pyridine rings is 1. The van der Waals surface area contributed by atoms with Crippen molar-refractivity contribution in [1.29, 1.82) is 5.26 Å². The summed E-state index contributed by atoms with van der Waals surface area (Å²) >= 11 is 6.20. The van der Waals surface area contributed by atoms with Gasteiger partial charge < -0.3 is 14.0 Å². The summed E-state index contributed by atoms with van der Waals surface area (Å²) in [5.74, 6) is -0.475. The van der Waals surface area contributed by atoms with E-state index >= 15 is 0 Å². The third-order valence-electron chi connectivity index (χ3n) is 5.94. The SMILES string of the molecule is COC(=O)C(OC(C)(C)C)c1c(C)nc2c(c(C)c(C)n2CCCC#N)c1-c1ccc(Cl)cc1. The maximum absolute atomic E-state index is 13.0.